The number of likely N-dealkylation sites (N-methyl/N-ethyl adjacent to an activating group) is 1. The fourth-order valence-electron chi connectivity index (χ4n) is 1.53. The third-order valence-electron chi connectivity index (χ3n) is 2.48. The number of carboxylic acids is 1. The molecular weight excluding hydrogens is 302 g/mol. The highest BCUT2D eigenvalue weighted by Gasteiger charge is 2.09. The smallest absolute Gasteiger partial charge is 0.304 e. The molecule has 1 aromatic rings. The number of thioether (sulfide) groups is 1. The highest BCUT2D eigenvalue weighted by Crippen LogP contribution is 2.26. The number of carbonyl (C=O) groups excluding carboxylic acids is 1. The summed E-state index contributed by atoms with van der Waals surface area (Å²) in [5, 5.41) is 11.2. The Morgan fingerprint density at radius 2 is 1.95 bits per heavy atom. The van der Waals surface area contributed by atoms with Crippen molar-refractivity contribution in [3.05, 3.63) is 24.3 Å². The van der Waals surface area contributed by atoms with Gasteiger partial charge in [-0.1, -0.05) is 11.8 Å². The highest BCUT2D eigenvalue weighted by molar-refractivity contribution is 7.99. The summed E-state index contributed by atoms with van der Waals surface area (Å²) in [7, 11) is 1.64. The van der Waals surface area contributed by atoms with E-state index in [1.54, 1.807) is 24.1 Å². The van der Waals surface area contributed by atoms with Gasteiger partial charge in [0.2, 0.25) is 5.91 Å². The number of hydrogen-bond donors (Lipinski definition) is 2. The molecule has 0 radical (unpaired) electrons. The van der Waals surface area contributed by atoms with Crippen molar-refractivity contribution >= 4 is 29.3 Å². The van der Waals surface area contributed by atoms with E-state index >= 15 is 0 Å². The predicted molar refractivity (Wildman–Crippen MR) is 76.7 cm³/mol. The maximum absolute atomic E-state index is 12.1. The molecule has 0 atom stereocenters. The second-order valence-corrected chi connectivity index (χ2v) is 5.40. The molecule has 1 rings (SSSR count). The van der Waals surface area contributed by atoms with Crippen LogP contribution in [-0.2, 0) is 9.59 Å². The van der Waals surface area contributed by atoms with E-state index in [0.29, 0.717) is 22.3 Å². The van der Waals surface area contributed by atoms with Gasteiger partial charge in [-0.2, -0.15) is 8.78 Å². The van der Waals surface area contributed by atoms with E-state index in [1.165, 1.54) is 12.1 Å². The zero-order valence-electron chi connectivity index (χ0n) is 11.4. The van der Waals surface area contributed by atoms with Gasteiger partial charge in [0.05, 0.1) is 13.0 Å². The molecule has 2 N–H and O–H groups in total. The van der Waals surface area contributed by atoms with Gasteiger partial charge in [0.15, 0.2) is 0 Å². The third-order valence-corrected chi connectivity index (χ3v) is 3.21. The molecule has 0 unspecified atom stereocenters. The van der Waals surface area contributed by atoms with Gasteiger partial charge in [-0.3, -0.25) is 14.5 Å². The number of carbonyl (C=O) groups is 2. The molecule has 5 nitrogen and oxygen atoms in total. The molecule has 0 aliphatic rings. The first-order chi connectivity index (χ1) is 9.86. The van der Waals surface area contributed by atoms with E-state index in [0.717, 1.165) is 0 Å². The van der Waals surface area contributed by atoms with Gasteiger partial charge in [-0.15, -0.1) is 0 Å². The minimum atomic E-state index is -2.48. The first-order valence-corrected chi connectivity index (χ1v) is 7.00. The van der Waals surface area contributed by atoms with Crippen LogP contribution in [0, 0.1) is 0 Å². The lowest BCUT2D eigenvalue weighted by Crippen LogP contribution is -2.31. The van der Waals surface area contributed by atoms with Gasteiger partial charge >= 0.3 is 5.97 Å². The lowest BCUT2D eigenvalue weighted by Gasteiger charge is -2.15. The summed E-state index contributed by atoms with van der Waals surface area (Å²) in [4.78, 5) is 24.1. The highest BCUT2D eigenvalue weighted by atomic mass is 32.2. The van der Waals surface area contributed by atoms with Crippen molar-refractivity contribution in [3.63, 3.8) is 0 Å². The molecule has 0 bridgehead atoms. The van der Waals surface area contributed by atoms with Crippen molar-refractivity contribution in [1.29, 1.82) is 0 Å². The lowest BCUT2D eigenvalue weighted by molar-refractivity contribution is -0.137. The SMILES string of the molecule is CN(CCC(=O)O)CC(=O)Nc1ccc(SC(F)F)cc1. The van der Waals surface area contributed by atoms with Crippen LogP contribution in [0.4, 0.5) is 14.5 Å². The molecule has 0 aliphatic carbocycles. The summed E-state index contributed by atoms with van der Waals surface area (Å²) in [6.45, 7) is 0.327. The molecule has 0 saturated heterocycles. The summed E-state index contributed by atoms with van der Waals surface area (Å²) < 4.78 is 24.3. The summed E-state index contributed by atoms with van der Waals surface area (Å²) in [6, 6.07) is 6.08. The second-order valence-electron chi connectivity index (χ2n) is 4.33. The van der Waals surface area contributed by atoms with Crippen molar-refractivity contribution in [3.8, 4) is 0 Å². The van der Waals surface area contributed by atoms with Crippen molar-refractivity contribution < 1.29 is 23.5 Å². The maximum atomic E-state index is 12.1. The van der Waals surface area contributed by atoms with Crippen LogP contribution in [0.25, 0.3) is 0 Å². The molecule has 8 heteroatoms. The standard InChI is InChI=1S/C13H16F2N2O3S/c1-17(7-6-12(19)20)8-11(18)16-9-2-4-10(5-3-9)21-13(14)15/h2-5,13H,6-8H2,1H3,(H,16,18)(H,19,20). The van der Waals surface area contributed by atoms with E-state index in [-0.39, 0.29) is 25.4 Å². The molecular formula is C13H16F2N2O3S. The van der Waals surface area contributed by atoms with E-state index < -0.39 is 11.7 Å². The van der Waals surface area contributed by atoms with Gasteiger partial charge in [0.25, 0.3) is 5.76 Å². The molecule has 21 heavy (non-hydrogen) atoms. The van der Waals surface area contributed by atoms with E-state index in [9.17, 15) is 18.4 Å². The number of halogens is 2. The fraction of sp³-hybridized carbons (Fsp3) is 0.385. The molecule has 1 amide bonds. The Labute approximate surface area is 125 Å². The van der Waals surface area contributed by atoms with Crippen LogP contribution in [0.3, 0.4) is 0 Å². The molecule has 0 aromatic heterocycles. The van der Waals surface area contributed by atoms with Crippen molar-refractivity contribution in [1.82, 2.24) is 4.90 Å². The Kier molecular flexibility index (Phi) is 7.10. The minimum absolute atomic E-state index is 0.0384. The Hall–Kier alpha value is -1.67. The van der Waals surface area contributed by atoms with Crippen molar-refractivity contribution in [2.45, 2.75) is 17.1 Å². The van der Waals surface area contributed by atoms with Crippen LogP contribution in [0.1, 0.15) is 6.42 Å². The Morgan fingerprint density at radius 1 is 1.33 bits per heavy atom. The fourth-order valence-corrected chi connectivity index (χ4v) is 2.03. The molecule has 0 aliphatic heterocycles. The average Bonchev–Trinajstić information content (AvgIpc) is 2.38. The van der Waals surface area contributed by atoms with Crippen molar-refractivity contribution in [2.24, 2.45) is 0 Å². The van der Waals surface area contributed by atoms with Crippen LogP contribution < -0.4 is 5.32 Å². The Bertz CT molecular complexity index is 483. The number of carboxylic acid groups (broad SMARTS) is 1. The monoisotopic (exact) mass is 318 g/mol. The minimum Gasteiger partial charge on any atom is -0.481 e. The normalized spacial score (nSPS) is 10.9. The first-order valence-electron chi connectivity index (χ1n) is 6.12. The van der Waals surface area contributed by atoms with Crippen LogP contribution in [0.15, 0.2) is 29.2 Å². The van der Waals surface area contributed by atoms with Crippen LogP contribution in [-0.4, -0.2) is 47.8 Å². The quantitative estimate of drug-likeness (QED) is 0.720. The summed E-state index contributed by atoms with van der Waals surface area (Å²) in [5.74, 6) is -3.69. The maximum Gasteiger partial charge on any atom is 0.304 e. The zero-order valence-corrected chi connectivity index (χ0v) is 12.2. The molecule has 0 fully saturated rings. The molecule has 0 heterocycles. The van der Waals surface area contributed by atoms with Crippen LogP contribution in [0.2, 0.25) is 0 Å². The summed E-state index contributed by atoms with van der Waals surface area (Å²) in [6.07, 6.45) is -0.0384. The predicted octanol–water partition coefficient (Wildman–Crippen LogP) is 2.35. The van der Waals surface area contributed by atoms with Crippen LogP contribution in [0.5, 0.6) is 0 Å². The number of amides is 1. The summed E-state index contributed by atoms with van der Waals surface area (Å²) in [5.41, 5.74) is 0.505. The number of rotatable bonds is 8. The lowest BCUT2D eigenvalue weighted by atomic mass is 10.3. The molecule has 0 spiro atoms. The van der Waals surface area contributed by atoms with Crippen molar-refractivity contribution in [2.75, 3.05) is 25.5 Å². The van der Waals surface area contributed by atoms with Gasteiger partial charge in [-0.25, -0.2) is 0 Å². The largest absolute Gasteiger partial charge is 0.481 e. The van der Waals surface area contributed by atoms with E-state index in [4.69, 9.17) is 5.11 Å². The van der Waals surface area contributed by atoms with E-state index in [2.05, 4.69) is 5.32 Å². The Morgan fingerprint density at radius 3 is 2.48 bits per heavy atom. The topological polar surface area (TPSA) is 69.6 Å². The number of aliphatic carboxylic acids is 1. The van der Waals surface area contributed by atoms with Gasteiger partial charge in [0.1, 0.15) is 0 Å². The number of nitrogens with one attached hydrogen (secondary N) is 1. The molecule has 0 saturated carbocycles. The molecule has 1 aromatic carbocycles. The van der Waals surface area contributed by atoms with E-state index in [1.807, 2.05) is 0 Å². The third kappa shape index (κ3) is 7.62. The Balaban J connectivity index is 2.42. The zero-order chi connectivity index (χ0) is 15.8. The number of benzene rings is 1. The second kappa shape index (κ2) is 8.58. The summed E-state index contributed by atoms with van der Waals surface area (Å²) >= 11 is 0.436. The average molecular weight is 318 g/mol. The number of anilines is 1. The van der Waals surface area contributed by atoms with Gasteiger partial charge in [-0.05, 0) is 31.3 Å². The van der Waals surface area contributed by atoms with Crippen LogP contribution >= 0.6 is 11.8 Å². The molecule has 116 valence electrons. The first kappa shape index (κ1) is 17.4. The number of hydrogen-bond acceptors (Lipinski definition) is 4. The van der Waals surface area contributed by atoms with Gasteiger partial charge in [0, 0.05) is 17.1 Å². The van der Waals surface area contributed by atoms with Gasteiger partial charge < -0.3 is 10.4 Å². The number of nitrogens with zero attached hydrogens (tertiary/aromatic N) is 1. The number of alkyl halides is 2.